The minimum absolute atomic E-state index is 0.624. The molecule has 3 heteroatoms. The topological polar surface area (TPSA) is 26.0 Å². The van der Waals surface area contributed by atoms with Crippen LogP contribution in [-0.4, -0.2) is 5.16 Å². The van der Waals surface area contributed by atoms with E-state index in [0.29, 0.717) is 11.1 Å². The first-order valence-electron chi connectivity index (χ1n) is 3.76. The molecule has 62 valence electrons. The molecule has 2 rings (SSSR count). The van der Waals surface area contributed by atoms with Crippen molar-refractivity contribution in [2.75, 3.05) is 0 Å². The van der Waals surface area contributed by atoms with Gasteiger partial charge < -0.3 is 4.52 Å². The van der Waals surface area contributed by atoms with Crippen molar-refractivity contribution in [2.45, 2.75) is 13.1 Å². The fourth-order valence-electron chi connectivity index (χ4n) is 1.12. The normalized spacial score (nSPS) is 13.5. The third-order valence-electron chi connectivity index (χ3n) is 1.84. The molecule has 0 amide bonds. The summed E-state index contributed by atoms with van der Waals surface area (Å²) in [5.41, 5.74) is 1.26. The highest BCUT2D eigenvalue weighted by Gasteiger charge is 2.05. The first-order chi connectivity index (χ1) is 5.77. The van der Waals surface area contributed by atoms with Gasteiger partial charge in [0.15, 0.2) is 5.58 Å². The van der Waals surface area contributed by atoms with Gasteiger partial charge in [-0.3, -0.25) is 0 Å². The zero-order chi connectivity index (χ0) is 8.55. The lowest BCUT2D eigenvalue weighted by molar-refractivity contribution is 0.373. The van der Waals surface area contributed by atoms with Crippen LogP contribution in [0.15, 0.2) is 28.9 Å². The van der Waals surface area contributed by atoms with Crippen molar-refractivity contribution in [2.24, 2.45) is 0 Å². The van der Waals surface area contributed by atoms with E-state index in [4.69, 9.17) is 4.52 Å². The number of fused-ring (bicyclic) bond motifs is 1. The van der Waals surface area contributed by atoms with E-state index in [9.17, 15) is 4.39 Å². The Morgan fingerprint density at radius 2 is 2.33 bits per heavy atom. The first-order valence-corrected chi connectivity index (χ1v) is 3.76. The molecule has 0 bridgehead atoms. The minimum atomic E-state index is -0.959. The Balaban J connectivity index is 2.60. The Hall–Kier alpha value is -1.38. The lowest BCUT2D eigenvalue weighted by Gasteiger charge is -1.99. The Kier molecular flexibility index (Phi) is 1.57. The van der Waals surface area contributed by atoms with E-state index < -0.39 is 6.17 Å². The van der Waals surface area contributed by atoms with Crippen LogP contribution in [0.4, 0.5) is 4.39 Å². The average Bonchev–Trinajstić information content (AvgIpc) is 2.49. The molecule has 0 aliphatic heterocycles. The fraction of sp³-hybridized carbons (Fsp3) is 0.222. The number of hydrogen-bond donors (Lipinski definition) is 0. The Bertz CT molecular complexity index is 394. The molecule has 1 unspecified atom stereocenters. The predicted molar refractivity (Wildman–Crippen MR) is 43.5 cm³/mol. The van der Waals surface area contributed by atoms with Gasteiger partial charge in [-0.05, 0) is 24.6 Å². The van der Waals surface area contributed by atoms with Crippen LogP contribution in [0.3, 0.4) is 0 Å². The number of rotatable bonds is 1. The first kappa shape index (κ1) is 7.28. The van der Waals surface area contributed by atoms with E-state index in [1.54, 1.807) is 24.4 Å². The number of benzene rings is 1. The SMILES string of the molecule is CC(F)c1ccc2cnoc2c1. The number of nitrogens with zero attached hydrogens (tertiary/aromatic N) is 1. The highest BCUT2D eigenvalue weighted by molar-refractivity contribution is 5.76. The van der Waals surface area contributed by atoms with Gasteiger partial charge in [0.2, 0.25) is 0 Å². The summed E-state index contributed by atoms with van der Waals surface area (Å²) >= 11 is 0. The lowest BCUT2D eigenvalue weighted by Crippen LogP contribution is -1.83. The van der Waals surface area contributed by atoms with Crippen LogP contribution >= 0.6 is 0 Å². The molecule has 0 aliphatic rings. The van der Waals surface area contributed by atoms with Gasteiger partial charge in [0.25, 0.3) is 0 Å². The summed E-state index contributed by atoms with van der Waals surface area (Å²) in [7, 11) is 0. The molecule has 0 N–H and O–H groups in total. The zero-order valence-electron chi connectivity index (χ0n) is 6.62. The van der Waals surface area contributed by atoms with E-state index in [2.05, 4.69) is 5.16 Å². The van der Waals surface area contributed by atoms with Gasteiger partial charge in [-0.1, -0.05) is 11.2 Å². The standard InChI is InChI=1S/C9H8FNO/c1-6(10)7-2-3-8-5-11-12-9(8)4-7/h2-6H,1H3. The maximum Gasteiger partial charge on any atom is 0.167 e. The van der Waals surface area contributed by atoms with Crippen molar-refractivity contribution in [3.63, 3.8) is 0 Å². The third-order valence-corrected chi connectivity index (χ3v) is 1.84. The van der Waals surface area contributed by atoms with Gasteiger partial charge in [-0.2, -0.15) is 0 Å². The number of hydrogen-bond acceptors (Lipinski definition) is 2. The summed E-state index contributed by atoms with van der Waals surface area (Å²) in [5, 5.41) is 4.51. The van der Waals surface area contributed by atoms with Gasteiger partial charge >= 0.3 is 0 Å². The van der Waals surface area contributed by atoms with Gasteiger partial charge in [0.1, 0.15) is 6.17 Å². The Morgan fingerprint density at radius 3 is 3.08 bits per heavy atom. The highest BCUT2D eigenvalue weighted by Crippen LogP contribution is 2.21. The van der Waals surface area contributed by atoms with Crippen molar-refractivity contribution in [3.05, 3.63) is 30.0 Å². The van der Waals surface area contributed by atoms with Gasteiger partial charge in [0.05, 0.1) is 6.20 Å². The van der Waals surface area contributed by atoms with Crippen molar-refractivity contribution in [1.29, 1.82) is 0 Å². The van der Waals surface area contributed by atoms with Crippen LogP contribution in [-0.2, 0) is 0 Å². The van der Waals surface area contributed by atoms with Crippen molar-refractivity contribution >= 4 is 11.0 Å². The van der Waals surface area contributed by atoms with Crippen LogP contribution in [0.1, 0.15) is 18.7 Å². The summed E-state index contributed by atoms with van der Waals surface area (Å²) < 4.78 is 17.7. The molecule has 2 aromatic rings. The summed E-state index contributed by atoms with van der Waals surface area (Å²) in [6.45, 7) is 1.50. The Morgan fingerprint density at radius 1 is 1.50 bits per heavy atom. The van der Waals surface area contributed by atoms with Crippen molar-refractivity contribution in [3.8, 4) is 0 Å². The molecule has 0 fully saturated rings. The maximum atomic E-state index is 12.8. The van der Waals surface area contributed by atoms with Gasteiger partial charge in [0, 0.05) is 5.39 Å². The summed E-state index contributed by atoms with van der Waals surface area (Å²) in [5.74, 6) is 0. The monoisotopic (exact) mass is 165 g/mol. The molecule has 1 atom stereocenters. The minimum Gasteiger partial charge on any atom is -0.356 e. The molecule has 0 radical (unpaired) electrons. The molecule has 0 saturated heterocycles. The van der Waals surface area contributed by atoms with E-state index in [1.165, 1.54) is 6.92 Å². The Labute approximate surface area is 69.0 Å². The highest BCUT2D eigenvalue weighted by atomic mass is 19.1. The van der Waals surface area contributed by atoms with Crippen LogP contribution < -0.4 is 0 Å². The smallest absolute Gasteiger partial charge is 0.167 e. The number of alkyl halides is 1. The average molecular weight is 165 g/mol. The van der Waals surface area contributed by atoms with E-state index in [0.717, 1.165) is 5.39 Å². The number of aromatic nitrogens is 1. The molecular weight excluding hydrogens is 157 g/mol. The third kappa shape index (κ3) is 1.07. The molecular formula is C9H8FNO. The molecule has 1 aromatic heterocycles. The molecule has 0 spiro atoms. The maximum absolute atomic E-state index is 12.8. The summed E-state index contributed by atoms with van der Waals surface area (Å²) in [6, 6.07) is 5.22. The molecule has 12 heavy (non-hydrogen) atoms. The van der Waals surface area contributed by atoms with Crippen molar-refractivity contribution < 1.29 is 8.91 Å². The van der Waals surface area contributed by atoms with Crippen LogP contribution in [0.25, 0.3) is 11.0 Å². The molecule has 0 aliphatic carbocycles. The van der Waals surface area contributed by atoms with Crippen molar-refractivity contribution in [1.82, 2.24) is 5.16 Å². The second-order valence-electron chi connectivity index (χ2n) is 2.74. The predicted octanol–water partition coefficient (Wildman–Crippen LogP) is 2.86. The zero-order valence-corrected chi connectivity index (χ0v) is 6.62. The van der Waals surface area contributed by atoms with Gasteiger partial charge in [-0.25, -0.2) is 4.39 Å². The fourth-order valence-corrected chi connectivity index (χ4v) is 1.12. The molecule has 1 aromatic carbocycles. The lowest BCUT2D eigenvalue weighted by atomic mass is 10.1. The second kappa shape index (κ2) is 2.59. The molecule has 2 nitrogen and oxygen atoms in total. The van der Waals surface area contributed by atoms with E-state index >= 15 is 0 Å². The van der Waals surface area contributed by atoms with Crippen LogP contribution in [0.5, 0.6) is 0 Å². The quantitative estimate of drug-likeness (QED) is 0.649. The van der Waals surface area contributed by atoms with Gasteiger partial charge in [-0.15, -0.1) is 0 Å². The molecule has 1 heterocycles. The summed E-state index contributed by atoms with van der Waals surface area (Å²) in [6.07, 6.45) is 0.654. The van der Waals surface area contributed by atoms with E-state index in [-0.39, 0.29) is 0 Å². The van der Waals surface area contributed by atoms with Crippen LogP contribution in [0.2, 0.25) is 0 Å². The summed E-state index contributed by atoms with van der Waals surface area (Å²) in [4.78, 5) is 0. The van der Waals surface area contributed by atoms with E-state index in [1.807, 2.05) is 0 Å². The largest absolute Gasteiger partial charge is 0.356 e. The van der Waals surface area contributed by atoms with Crippen LogP contribution in [0, 0.1) is 0 Å². The molecule has 0 saturated carbocycles. The number of halogens is 1. The second-order valence-corrected chi connectivity index (χ2v) is 2.74.